The Labute approximate surface area is 249 Å². The number of fused-ring (bicyclic) bond motifs is 2. The summed E-state index contributed by atoms with van der Waals surface area (Å²) in [4.78, 5) is 14.0. The maximum atomic E-state index is 14.0. The first-order chi connectivity index (χ1) is 19.9. The molecule has 4 heterocycles. The molecule has 232 valence electrons. The molecule has 2 fully saturated rings. The molecule has 0 amide bonds. The minimum absolute atomic E-state index is 0.0464. The summed E-state index contributed by atoms with van der Waals surface area (Å²) in [6.07, 6.45) is 11.7. The summed E-state index contributed by atoms with van der Waals surface area (Å²) in [7, 11) is 0. The van der Waals surface area contributed by atoms with E-state index in [1.165, 1.54) is 0 Å². The summed E-state index contributed by atoms with van der Waals surface area (Å²) in [6.45, 7) is 12.1. The van der Waals surface area contributed by atoms with Crippen molar-refractivity contribution in [2.45, 2.75) is 115 Å². The Morgan fingerprint density at radius 1 is 1.05 bits per heavy atom. The van der Waals surface area contributed by atoms with Crippen molar-refractivity contribution in [1.29, 1.82) is 0 Å². The zero-order valence-electron chi connectivity index (χ0n) is 25.7. The predicted octanol–water partition coefficient (Wildman–Crippen LogP) is 4.31. The van der Waals surface area contributed by atoms with Gasteiger partial charge in [-0.15, -0.1) is 0 Å². The molecule has 5 rings (SSSR count). The number of aliphatic hydroxyl groups excluding tert-OH is 2. The molecule has 0 radical (unpaired) electrons. The van der Waals surface area contributed by atoms with Crippen LogP contribution in [0.15, 0.2) is 59.3 Å². The van der Waals surface area contributed by atoms with Crippen LogP contribution in [0.5, 0.6) is 0 Å². The summed E-state index contributed by atoms with van der Waals surface area (Å²) < 4.78 is 25.5. The second-order valence-electron chi connectivity index (χ2n) is 13.2. The molecule has 12 atom stereocenters. The third-order valence-corrected chi connectivity index (χ3v) is 10.1. The molecule has 1 aliphatic carbocycles. The summed E-state index contributed by atoms with van der Waals surface area (Å²) in [5, 5.41) is 34.0. The van der Waals surface area contributed by atoms with Gasteiger partial charge in [0.25, 0.3) is 0 Å². The molecule has 3 N–H and O–H groups in total. The largest absolute Gasteiger partial charge is 0.462 e. The van der Waals surface area contributed by atoms with Gasteiger partial charge in [-0.05, 0) is 49.0 Å². The van der Waals surface area contributed by atoms with Crippen molar-refractivity contribution in [3.05, 3.63) is 59.3 Å². The van der Waals surface area contributed by atoms with Gasteiger partial charge in [-0.25, -0.2) is 0 Å². The highest BCUT2D eigenvalue weighted by molar-refractivity contribution is 5.78. The highest BCUT2D eigenvalue weighted by Gasteiger charge is 2.60. The van der Waals surface area contributed by atoms with Gasteiger partial charge in [0, 0.05) is 24.7 Å². The van der Waals surface area contributed by atoms with E-state index in [4.69, 9.17) is 18.9 Å². The van der Waals surface area contributed by atoms with Gasteiger partial charge in [-0.1, -0.05) is 70.6 Å². The van der Waals surface area contributed by atoms with Gasteiger partial charge < -0.3 is 34.3 Å². The molecule has 8 heteroatoms. The van der Waals surface area contributed by atoms with Crippen LogP contribution in [0.3, 0.4) is 0 Å². The Kier molecular flexibility index (Phi) is 9.06. The SMILES string of the molecule is CCC(C)C1OC2(C=CC1C)CC1CC(CC=C(C)C(O)C(C)C=CC=C3COC4C(O)C(C)=CC(C(=O)O1)C34O)O2. The predicted molar refractivity (Wildman–Crippen MR) is 158 cm³/mol. The number of hydrogen-bond donors (Lipinski definition) is 3. The highest BCUT2D eigenvalue weighted by Crippen LogP contribution is 2.47. The molecule has 4 aliphatic heterocycles. The van der Waals surface area contributed by atoms with Crippen LogP contribution >= 0.6 is 0 Å². The lowest BCUT2D eigenvalue weighted by Gasteiger charge is -2.48. The van der Waals surface area contributed by atoms with Crippen molar-refractivity contribution in [1.82, 2.24) is 0 Å². The summed E-state index contributed by atoms with van der Waals surface area (Å²) in [5.41, 5.74) is 0.101. The third kappa shape index (κ3) is 5.74. The van der Waals surface area contributed by atoms with E-state index in [9.17, 15) is 20.1 Å². The minimum Gasteiger partial charge on any atom is -0.462 e. The van der Waals surface area contributed by atoms with Crippen LogP contribution in [-0.2, 0) is 23.7 Å². The van der Waals surface area contributed by atoms with Crippen molar-refractivity contribution in [3.63, 3.8) is 0 Å². The van der Waals surface area contributed by atoms with Gasteiger partial charge >= 0.3 is 5.97 Å². The smallest absolute Gasteiger partial charge is 0.316 e. The minimum atomic E-state index is -1.77. The number of ether oxygens (including phenoxy) is 4. The first-order valence-electron chi connectivity index (χ1n) is 15.6. The first kappa shape index (κ1) is 31.4. The van der Waals surface area contributed by atoms with Crippen LogP contribution in [0.25, 0.3) is 0 Å². The second kappa shape index (κ2) is 12.1. The lowest BCUT2D eigenvalue weighted by molar-refractivity contribution is -0.300. The summed E-state index contributed by atoms with van der Waals surface area (Å²) in [6, 6.07) is 0. The number of carbonyl (C=O) groups excluding carboxylic acids is 1. The summed E-state index contributed by atoms with van der Waals surface area (Å²) >= 11 is 0. The van der Waals surface area contributed by atoms with Crippen LogP contribution in [0.2, 0.25) is 0 Å². The molecular weight excluding hydrogens is 536 g/mol. The molecule has 12 unspecified atom stereocenters. The van der Waals surface area contributed by atoms with E-state index in [0.29, 0.717) is 36.3 Å². The normalized spacial score (nSPS) is 45.0. The molecule has 2 bridgehead atoms. The number of rotatable bonds is 2. The van der Waals surface area contributed by atoms with Crippen LogP contribution in [-0.4, -0.2) is 75.9 Å². The van der Waals surface area contributed by atoms with Crippen LogP contribution in [0.4, 0.5) is 0 Å². The molecule has 0 aromatic heterocycles. The zero-order valence-corrected chi connectivity index (χ0v) is 25.7. The lowest BCUT2D eigenvalue weighted by Crippen LogP contribution is -2.58. The van der Waals surface area contributed by atoms with Gasteiger partial charge in [0.05, 0.1) is 24.9 Å². The Morgan fingerprint density at radius 2 is 1.81 bits per heavy atom. The molecule has 8 nitrogen and oxygen atoms in total. The van der Waals surface area contributed by atoms with Crippen molar-refractivity contribution in [2.75, 3.05) is 6.61 Å². The average molecular weight is 585 g/mol. The number of aliphatic hydroxyl groups is 3. The van der Waals surface area contributed by atoms with E-state index in [1.54, 1.807) is 25.2 Å². The Hall–Kier alpha value is -2.07. The number of esters is 1. The van der Waals surface area contributed by atoms with Crippen molar-refractivity contribution in [3.8, 4) is 0 Å². The monoisotopic (exact) mass is 584 g/mol. The van der Waals surface area contributed by atoms with Crippen LogP contribution in [0.1, 0.15) is 67.2 Å². The zero-order chi connectivity index (χ0) is 30.4. The second-order valence-corrected chi connectivity index (χ2v) is 13.2. The van der Waals surface area contributed by atoms with Crippen molar-refractivity contribution in [2.24, 2.45) is 23.7 Å². The standard InChI is InChI=1S/C34H48O8/c1-7-19(2)30-22(5)13-14-33(42-30)17-26-16-25(41-33)12-11-21(4)28(35)20(3)9-8-10-24-18-39-31-29(36)23(6)15-27(32(37)40-26)34(24,31)38/h8-11,13-15,19-20,22,25-31,35-36,38H,7,12,16-18H2,1-6H3. The Balaban J connectivity index is 1.54. The lowest BCUT2D eigenvalue weighted by atomic mass is 9.71. The van der Waals surface area contributed by atoms with E-state index < -0.39 is 47.7 Å². The topological polar surface area (TPSA) is 115 Å². The molecule has 1 spiro atoms. The van der Waals surface area contributed by atoms with Crippen LogP contribution < -0.4 is 0 Å². The Morgan fingerprint density at radius 3 is 2.55 bits per heavy atom. The fourth-order valence-corrected chi connectivity index (χ4v) is 7.15. The van der Waals surface area contributed by atoms with E-state index in [0.717, 1.165) is 12.0 Å². The molecule has 0 aromatic rings. The number of hydrogen-bond acceptors (Lipinski definition) is 8. The molecule has 2 saturated heterocycles. The van der Waals surface area contributed by atoms with Gasteiger partial charge in [-0.2, -0.15) is 0 Å². The maximum absolute atomic E-state index is 14.0. The fourth-order valence-electron chi connectivity index (χ4n) is 7.15. The molecule has 0 aromatic carbocycles. The molecular formula is C34H48O8. The molecule has 42 heavy (non-hydrogen) atoms. The third-order valence-electron chi connectivity index (χ3n) is 10.1. The van der Waals surface area contributed by atoms with Gasteiger partial charge in [-0.3, -0.25) is 4.79 Å². The maximum Gasteiger partial charge on any atom is 0.316 e. The number of allylic oxidation sites excluding steroid dienone is 2. The van der Waals surface area contributed by atoms with Gasteiger partial charge in [0.15, 0.2) is 5.79 Å². The first-order valence-corrected chi connectivity index (χ1v) is 15.6. The molecule has 5 aliphatic rings. The number of carbonyl (C=O) groups is 1. The van der Waals surface area contributed by atoms with E-state index >= 15 is 0 Å². The van der Waals surface area contributed by atoms with Crippen molar-refractivity contribution < 1.29 is 39.1 Å². The van der Waals surface area contributed by atoms with E-state index in [-0.39, 0.29) is 30.7 Å². The van der Waals surface area contributed by atoms with E-state index in [1.807, 2.05) is 32.1 Å². The quantitative estimate of drug-likeness (QED) is 0.325. The van der Waals surface area contributed by atoms with E-state index in [2.05, 4.69) is 26.8 Å². The fraction of sp³-hybridized carbons (Fsp3) is 0.676. The highest BCUT2D eigenvalue weighted by atomic mass is 16.7. The van der Waals surface area contributed by atoms with Crippen LogP contribution in [0, 0.1) is 23.7 Å². The summed E-state index contributed by atoms with van der Waals surface area (Å²) in [5.74, 6) is -2.35. The van der Waals surface area contributed by atoms with Gasteiger partial charge in [0.2, 0.25) is 0 Å². The molecule has 0 saturated carbocycles. The average Bonchev–Trinajstić information content (AvgIpc) is 3.30. The van der Waals surface area contributed by atoms with Crippen molar-refractivity contribution >= 4 is 5.97 Å². The van der Waals surface area contributed by atoms with Gasteiger partial charge in [0.1, 0.15) is 29.8 Å². The Bertz CT molecular complexity index is 1180.